The van der Waals surface area contributed by atoms with Crippen molar-refractivity contribution in [3.63, 3.8) is 0 Å². The van der Waals surface area contributed by atoms with Crippen molar-refractivity contribution in [2.75, 3.05) is 12.3 Å². The van der Waals surface area contributed by atoms with Crippen molar-refractivity contribution in [3.05, 3.63) is 21.7 Å². The number of hydrogen-bond acceptors (Lipinski definition) is 6. The molecule has 1 aromatic heterocycles. The van der Waals surface area contributed by atoms with E-state index in [9.17, 15) is 36.9 Å². The zero-order chi connectivity index (χ0) is 21.1. The van der Waals surface area contributed by atoms with Gasteiger partial charge in [-0.1, -0.05) is 0 Å². The Bertz CT molecular complexity index is 736. The second-order valence-electron chi connectivity index (χ2n) is 6.27. The Morgan fingerprint density at radius 1 is 1.36 bits per heavy atom. The number of rotatable bonds is 6. The maximum absolute atomic E-state index is 12.7. The summed E-state index contributed by atoms with van der Waals surface area (Å²) >= 11 is 0. The minimum Gasteiger partial charge on any atom is -0.471 e. The first-order chi connectivity index (χ1) is 13.0. The van der Waals surface area contributed by atoms with Crippen LogP contribution in [0.15, 0.2) is 6.07 Å². The molecule has 0 radical (unpaired) electrons. The molecule has 0 bridgehead atoms. The fraction of sp³-hybridized carbons (Fsp3) is 0.600. The molecule has 0 saturated heterocycles. The summed E-state index contributed by atoms with van der Waals surface area (Å²) < 4.78 is 67.6. The number of ether oxygens (including phenoxy) is 1. The van der Waals surface area contributed by atoms with Crippen molar-refractivity contribution < 1.29 is 36.4 Å². The fourth-order valence-corrected chi connectivity index (χ4v) is 2.89. The molecule has 1 heterocycles. The quantitative estimate of drug-likeness (QED) is 0.421. The highest BCUT2D eigenvalue weighted by atomic mass is 19.4. The maximum atomic E-state index is 12.7. The van der Waals surface area contributed by atoms with Gasteiger partial charge in [0.25, 0.3) is 12.3 Å². The number of nitrogens with two attached hydrogens (primary N) is 1. The minimum absolute atomic E-state index is 0.0492. The average molecular weight is 412 g/mol. The highest BCUT2D eigenvalue weighted by Gasteiger charge is 2.41. The number of nitrogens with one attached hydrogen (secondary N) is 1. The Kier molecular flexibility index (Phi) is 6.56. The smallest absolute Gasteiger partial charge is 0.391 e. The number of nitrogen functional groups attached to an aromatic ring is 1. The van der Waals surface area contributed by atoms with Gasteiger partial charge >= 0.3 is 11.9 Å². The number of halogens is 5. The SMILES string of the molecule is Nc1nc(OCC(F)F)c(C(=O)NC2CCC(C(F)(F)F)CC2)cc1[N+](=O)[O-]. The molecule has 1 aliphatic carbocycles. The van der Waals surface area contributed by atoms with E-state index >= 15 is 0 Å². The zero-order valence-electron chi connectivity index (χ0n) is 14.3. The van der Waals surface area contributed by atoms with Crippen molar-refractivity contribution in [3.8, 4) is 5.88 Å². The van der Waals surface area contributed by atoms with E-state index in [0.29, 0.717) is 0 Å². The van der Waals surface area contributed by atoms with E-state index in [4.69, 9.17) is 10.5 Å². The molecule has 28 heavy (non-hydrogen) atoms. The molecule has 1 aliphatic rings. The number of nitrogens with zero attached hydrogens (tertiary/aromatic N) is 2. The number of alkyl halides is 5. The monoisotopic (exact) mass is 412 g/mol. The molecule has 1 fully saturated rings. The molecule has 2 rings (SSSR count). The molecule has 0 unspecified atom stereocenters. The molecular formula is C15H17F5N4O4. The van der Waals surface area contributed by atoms with Gasteiger partial charge in [-0.25, -0.2) is 8.78 Å². The molecule has 8 nitrogen and oxygen atoms in total. The van der Waals surface area contributed by atoms with E-state index in [1.165, 1.54) is 0 Å². The van der Waals surface area contributed by atoms with E-state index in [-0.39, 0.29) is 25.7 Å². The molecule has 0 aromatic carbocycles. The summed E-state index contributed by atoms with van der Waals surface area (Å²) in [5, 5.41) is 13.4. The van der Waals surface area contributed by atoms with Crippen LogP contribution < -0.4 is 15.8 Å². The minimum atomic E-state index is -4.31. The van der Waals surface area contributed by atoms with Crippen LogP contribution in [-0.4, -0.2) is 41.1 Å². The highest BCUT2D eigenvalue weighted by molar-refractivity contribution is 5.97. The van der Waals surface area contributed by atoms with E-state index in [1.54, 1.807) is 0 Å². The Hall–Kier alpha value is -2.73. The molecule has 0 aliphatic heterocycles. The standard InChI is InChI=1S/C15H17F5N4O4/c16-11(17)6-28-14-9(5-10(24(26)27)12(21)23-14)13(25)22-8-3-1-7(2-4-8)15(18,19)20/h5,7-8,11H,1-4,6H2,(H2,21,23)(H,22,25). The van der Waals surface area contributed by atoms with E-state index in [2.05, 4.69) is 10.3 Å². The topological polar surface area (TPSA) is 120 Å². The van der Waals surface area contributed by atoms with Crippen LogP contribution in [0.2, 0.25) is 0 Å². The third-order valence-corrected chi connectivity index (χ3v) is 4.31. The van der Waals surface area contributed by atoms with Crippen LogP contribution >= 0.6 is 0 Å². The molecule has 1 saturated carbocycles. The van der Waals surface area contributed by atoms with Gasteiger partial charge in [0.2, 0.25) is 11.7 Å². The zero-order valence-corrected chi connectivity index (χ0v) is 14.3. The second-order valence-corrected chi connectivity index (χ2v) is 6.27. The van der Waals surface area contributed by atoms with Crippen LogP contribution in [0.1, 0.15) is 36.0 Å². The van der Waals surface area contributed by atoms with Gasteiger partial charge in [0.15, 0.2) is 6.61 Å². The molecule has 3 N–H and O–H groups in total. The number of aromatic nitrogens is 1. The maximum Gasteiger partial charge on any atom is 0.391 e. The summed E-state index contributed by atoms with van der Waals surface area (Å²) in [6.07, 6.45) is -7.47. The normalized spacial score (nSPS) is 20.1. The number of amides is 1. The Labute approximate surface area is 155 Å². The Morgan fingerprint density at radius 3 is 2.46 bits per heavy atom. The predicted molar refractivity (Wildman–Crippen MR) is 86.1 cm³/mol. The van der Waals surface area contributed by atoms with Crippen LogP contribution in [0, 0.1) is 16.0 Å². The van der Waals surface area contributed by atoms with E-state index < -0.39 is 64.9 Å². The number of hydrogen-bond donors (Lipinski definition) is 2. The number of carbonyl (C=O) groups excluding carboxylic acids is 1. The third-order valence-electron chi connectivity index (χ3n) is 4.31. The van der Waals surface area contributed by atoms with Gasteiger partial charge in [0.1, 0.15) is 5.56 Å². The van der Waals surface area contributed by atoms with Crippen molar-refractivity contribution in [2.24, 2.45) is 5.92 Å². The van der Waals surface area contributed by atoms with Gasteiger partial charge in [-0.3, -0.25) is 14.9 Å². The molecule has 1 aromatic rings. The van der Waals surface area contributed by atoms with Gasteiger partial charge in [0.05, 0.1) is 10.8 Å². The number of anilines is 1. The van der Waals surface area contributed by atoms with Crippen molar-refractivity contribution in [1.82, 2.24) is 10.3 Å². The summed E-state index contributed by atoms with van der Waals surface area (Å²) in [7, 11) is 0. The number of pyridine rings is 1. The third kappa shape index (κ3) is 5.39. The van der Waals surface area contributed by atoms with Crippen LogP contribution in [0.4, 0.5) is 33.5 Å². The first-order valence-corrected chi connectivity index (χ1v) is 8.22. The predicted octanol–water partition coefficient (Wildman–Crippen LogP) is 3.07. The molecule has 0 spiro atoms. The first kappa shape index (κ1) is 21.6. The molecule has 1 amide bonds. The van der Waals surface area contributed by atoms with Crippen molar-refractivity contribution in [1.29, 1.82) is 0 Å². The fourth-order valence-electron chi connectivity index (χ4n) is 2.89. The molecule has 0 atom stereocenters. The summed E-state index contributed by atoms with van der Waals surface area (Å²) in [6, 6.07) is 0.130. The van der Waals surface area contributed by atoms with Crippen molar-refractivity contribution >= 4 is 17.4 Å². The van der Waals surface area contributed by atoms with Gasteiger partial charge in [-0.15, -0.1) is 0 Å². The molecular weight excluding hydrogens is 395 g/mol. The Morgan fingerprint density at radius 2 is 1.96 bits per heavy atom. The lowest BCUT2D eigenvalue weighted by atomic mass is 9.85. The number of nitro groups is 1. The lowest BCUT2D eigenvalue weighted by Gasteiger charge is -2.30. The van der Waals surface area contributed by atoms with Gasteiger partial charge in [-0.2, -0.15) is 18.2 Å². The summed E-state index contributed by atoms with van der Waals surface area (Å²) in [4.78, 5) is 26.0. The lowest BCUT2D eigenvalue weighted by molar-refractivity contribution is -0.384. The van der Waals surface area contributed by atoms with Crippen LogP contribution in [0.5, 0.6) is 5.88 Å². The van der Waals surface area contributed by atoms with E-state index in [1.807, 2.05) is 0 Å². The Balaban J connectivity index is 2.16. The van der Waals surface area contributed by atoms with Crippen LogP contribution in [0.25, 0.3) is 0 Å². The van der Waals surface area contributed by atoms with Gasteiger partial charge in [-0.05, 0) is 25.7 Å². The van der Waals surface area contributed by atoms with E-state index in [0.717, 1.165) is 6.07 Å². The highest BCUT2D eigenvalue weighted by Crippen LogP contribution is 2.37. The first-order valence-electron chi connectivity index (χ1n) is 8.22. The summed E-state index contributed by atoms with van der Waals surface area (Å²) in [5.74, 6) is -3.64. The van der Waals surface area contributed by atoms with Gasteiger partial charge in [0, 0.05) is 12.1 Å². The van der Waals surface area contributed by atoms with Crippen LogP contribution in [-0.2, 0) is 0 Å². The molecule has 156 valence electrons. The molecule has 13 heteroatoms. The lowest BCUT2D eigenvalue weighted by Crippen LogP contribution is -2.40. The largest absolute Gasteiger partial charge is 0.471 e. The second kappa shape index (κ2) is 8.52. The van der Waals surface area contributed by atoms with Crippen LogP contribution in [0.3, 0.4) is 0 Å². The average Bonchev–Trinajstić information content (AvgIpc) is 2.59. The van der Waals surface area contributed by atoms with Crippen molar-refractivity contribution in [2.45, 2.75) is 44.3 Å². The summed E-state index contributed by atoms with van der Waals surface area (Å²) in [5.41, 5.74) is 4.15. The van der Waals surface area contributed by atoms with Gasteiger partial charge < -0.3 is 15.8 Å². The number of carbonyl (C=O) groups is 1. The summed E-state index contributed by atoms with van der Waals surface area (Å²) in [6.45, 7) is -1.12.